The van der Waals surface area contributed by atoms with Gasteiger partial charge in [-0.1, -0.05) is 80.0 Å². The second-order valence-corrected chi connectivity index (χ2v) is 13.0. The number of carbonyl (C=O) groups excluding carboxylic acids is 1. The number of benzene rings is 2. The quantitative estimate of drug-likeness (QED) is 0.0455. The van der Waals surface area contributed by atoms with Gasteiger partial charge in [0.25, 0.3) is 0 Å². The van der Waals surface area contributed by atoms with E-state index in [1.165, 1.54) is 33.9 Å². The number of carbonyl (C=O) groups is 1. The third-order valence-electron chi connectivity index (χ3n) is 9.10. The summed E-state index contributed by atoms with van der Waals surface area (Å²) in [5, 5.41) is 6.34. The van der Waals surface area contributed by atoms with Crippen LogP contribution >= 0.6 is 0 Å². The van der Waals surface area contributed by atoms with E-state index in [2.05, 4.69) is 138 Å². The van der Waals surface area contributed by atoms with Gasteiger partial charge in [-0.05, 0) is 49.9 Å². The second kappa shape index (κ2) is 17.1. The molecule has 250 valence electrons. The Hall–Kier alpha value is -4.17. The number of unbranched alkanes of at least 4 members (excludes halogenated alkanes) is 2. The molecule has 0 aliphatic carbocycles. The molecule has 4 rings (SSSR count). The van der Waals surface area contributed by atoms with Crippen LogP contribution in [0, 0.1) is 0 Å². The zero-order chi connectivity index (χ0) is 33.7. The molecule has 9 nitrogen and oxygen atoms in total. The summed E-state index contributed by atoms with van der Waals surface area (Å²) in [6, 6.07) is 17.4. The number of fused-ring (bicyclic) bond motifs is 2. The van der Waals surface area contributed by atoms with Crippen LogP contribution in [0.2, 0.25) is 0 Å². The van der Waals surface area contributed by atoms with Crippen LogP contribution in [0.3, 0.4) is 0 Å². The summed E-state index contributed by atoms with van der Waals surface area (Å²) >= 11 is 0. The van der Waals surface area contributed by atoms with E-state index in [1.807, 2.05) is 0 Å². The van der Waals surface area contributed by atoms with Gasteiger partial charge in [0.15, 0.2) is 5.71 Å². The highest BCUT2D eigenvalue weighted by Gasteiger charge is 2.42. The fourth-order valence-electron chi connectivity index (χ4n) is 6.60. The molecule has 2 aliphatic heterocycles. The van der Waals surface area contributed by atoms with Gasteiger partial charge in [-0.3, -0.25) is 4.79 Å². The van der Waals surface area contributed by atoms with Crippen molar-refractivity contribution in [1.29, 1.82) is 0 Å². The molecule has 0 saturated heterocycles. The molecule has 0 saturated carbocycles. The molecule has 0 bridgehead atoms. The van der Waals surface area contributed by atoms with Crippen LogP contribution in [0.15, 0.2) is 89.7 Å². The number of ether oxygens (including phenoxy) is 2. The van der Waals surface area contributed by atoms with Crippen LogP contribution in [0.25, 0.3) is 10.4 Å². The van der Waals surface area contributed by atoms with Crippen LogP contribution in [0.5, 0.6) is 0 Å². The van der Waals surface area contributed by atoms with Gasteiger partial charge in [-0.25, -0.2) is 0 Å². The summed E-state index contributed by atoms with van der Waals surface area (Å²) in [4.78, 5) is 17.4. The van der Waals surface area contributed by atoms with Gasteiger partial charge in [0.2, 0.25) is 11.6 Å². The van der Waals surface area contributed by atoms with Crippen LogP contribution in [-0.4, -0.2) is 69.3 Å². The van der Waals surface area contributed by atoms with Gasteiger partial charge in [-0.2, -0.15) is 4.58 Å². The number of hydrogen-bond acceptors (Lipinski definition) is 5. The molecule has 9 heteroatoms. The third-order valence-corrected chi connectivity index (χ3v) is 9.10. The predicted octanol–water partition coefficient (Wildman–Crippen LogP) is 7.51. The molecule has 0 spiro atoms. The van der Waals surface area contributed by atoms with Crippen molar-refractivity contribution in [1.82, 2.24) is 5.32 Å². The number of allylic oxidation sites excluding steroid dienone is 6. The molecule has 0 aromatic heterocycles. The molecule has 2 aromatic carbocycles. The minimum Gasteiger partial charge on any atom is -0.379 e. The molecule has 0 atom stereocenters. The summed E-state index contributed by atoms with van der Waals surface area (Å²) in [5.74, 6) is 0.0554. The number of anilines is 1. The van der Waals surface area contributed by atoms with Crippen LogP contribution in [0.1, 0.15) is 64.5 Å². The Labute approximate surface area is 280 Å². The normalized spacial score (nSPS) is 17.0. The van der Waals surface area contributed by atoms with Crippen LogP contribution < -0.4 is 10.2 Å². The lowest BCUT2D eigenvalue weighted by atomic mass is 9.81. The van der Waals surface area contributed by atoms with E-state index >= 15 is 0 Å². The lowest BCUT2D eigenvalue weighted by Gasteiger charge is -2.27. The SMILES string of the molecule is C[N+]1=C(C=CC=CC=C2N(CCCCCC(=O)NCCOCCOCCN=[N+]=[N-])c3ccccc3C2(C)C)C(C)(C)c2ccccc21. The smallest absolute Gasteiger partial charge is 0.220 e. The highest BCUT2D eigenvalue weighted by Crippen LogP contribution is 2.47. The molecule has 47 heavy (non-hydrogen) atoms. The Morgan fingerprint density at radius 2 is 1.64 bits per heavy atom. The number of rotatable bonds is 18. The summed E-state index contributed by atoms with van der Waals surface area (Å²) in [6.45, 7) is 12.6. The van der Waals surface area contributed by atoms with E-state index < -0.39 is 0 Å². The van der Waals surface area contributed by atoms with E-state index in [-0.39, 0.29) is 16.7 Å². The molecule has 1 amide bonds. The highest BCUT2D eigenvalue weighted by atomic mass is 16.5. The Morgan fingerprint density at radius 3 is 2.40 bits per heavy atom. The minimum absolute atomic E-state index is 0.0400. The number of nitrogens with zero attached hydrogens (tertiary/aromatic N) is 5. The maximum absolute atomic E-state index is 12.3. The minimum atomic E-state index is -0.102. The van der Waals surface area contributed by atoms with E-state index in [4.69, 9.17) is 15.0 Å². The third kappa shape index (κ3) is 9.01. The standard InChI is InChI=1S/C38H50N6O3/c1-37(2)30-16-11-13-18-32(30)43(5)34(37)20-8-6-9-21-35-38(3,4)31-17-12-14-19-33(31)44(35)25-15-7-10-22-36(45)40-23-26-46-28-29-47-27-24-41-42-39/h6,8-9,11-14,16-21H,7,10,15,22-29H2,1-5H3/p+1. The molecule has 1 N–H and O–H groups in total. The van der Waals surface area contributed by atoms with Crippen LogP contribution in [0.4, 0.5) is 11.4 Å². The van der Waals surface area contributed by atoms with Gasteiger partial charge in [0.05, 0.1) is 31.8 Å². The predicted molar refractivity (Wildman–Crippen MR) is 191 cm³/mol. The second-order valence-electron chi connectivity index (χ2n) is 13.0. The molecule has 0 radical (unpaired) electrons. The summed E-state index contributed by atoms with van der Waals surface area (Å²) in [6.07, 6.45) is 14.3. The topological polar surface area (TPSA) is 103 Å². The van der Waals surface area contributed by atoms with Crippen molar-refractivity contribution in [2.24, 2.45) is 5.11 Å². The summed E-state index contributed by atoms with van der Waals surface area (Å²) in [7, 11) is 2.15. The van der Waals surface area contributed by atoms with Gasteiger partial charge >= 0.3 is 0 Å². The largest absolute Gasteiger partial charge is 0.379 e. The van der Waals surface area contributed by atoms with Gasteiger partial charge < -0.3 is 19.7 Å². The molecule has 2 heterocycles. The molecular formula is C38H51N6O3+. The number of para-hydroxylation sites is 2. The Kier molecular flexibility index (Phi) is 13.0. The number of amides is 1. The maximum atomic E-state index is 12.3. The van der Waals surface area contributed by atoms with Crippen molar-refractivity contribution in [3.8, 4) is 0 Å². The molecular weight excluding hydrogens is 588 g/mol. The van der Waals surface area contributed by atoms with Crippen molar-refractivity contribution in [3.05, 3.63) is 106 Å². The number of hydrogen-bond donors (Lipinski definition) is 1. The fraction of sp³-hybridized carbons (Fsp3) is 0.474. The highest BCUT2D eigenvalue weighted by molar-refractivity contribution is 6.03. The van der Waals surface area contributed by atoms with Gasteiger partial charge in [-0.15, -0.1) is 0 Å². The van der Waals surface area contributed by atoms with Crippen molar-refractivity contribution < 1.29 is 18.8 Å². The first kappa shape index (κ1) is 35.7. The van der Waals surface area contributed by atoms with E-state index in [9.17, 15) is 4.79 Å². The van der Waals surface area contributed by atoms with Crippen molar-refractivity contribution >= 4 is 23.0 Å². The molecule has 2 aromatic rings. The van der Waals surface area contributed by atoms with E-state index in [0.29, 0.717) is 45.9 Å². The summed E-state index contributed by atoms with van der Waals surface area (Å²) < 4.78 is 13.1. The zero-order valence-electron chi connectivity index (χ0n) is 28.7. The number of nitrogens with one attached hydrogen (secondary N) is 1. The van der Waals surface area contributed by atoms with E-state index in [0.717, 1.165) is 25.8 Å². The van der Waals surface area contributed by atoms with Crippen molar-refractivity contribution in [2.45, 2.75) is 64.2 Å². The summed E-state index contributed by atoms with van der Waals surface area (Å²) in [5.41, 5.74) is 15.9. The Balaban J connectivity index is 1.25. The zero-order valence-corrected chi connectivity index (χ0v) is 28.7. The lowest BCUT2D eigenvalue weighted by molar-refractivity contribution is -0.401. The van der Waals surface area contributed by atoms with Gasteiger partial charge in [0.1, 0.15) is 7.05 Å². The van der Waals surface area contributed by atoms with Crippen LogP contribution in [-0.2, 0) is 25.1 Å². The van der Waals surface area contributed by atoms with E-state index in [1.54, 1.807) is 0 Å². The lowest BCUT2D eigenvalue weighted by Crippen LogP contribution is -2.28. The Morgan fingerprint density at radius 1 is 0.915 bits per heavy atom. The first-order chi connectivity index (χ1) is 22.7. The van der Waals surface area contributed by atoms with Crippen molar-refractivity contribution in [3.63, 3.8) is 0 Å². The fourth-order valence-corrected chi connectivity index (χ4v) is 6.60. The molecule has 2 aliphatic rings. The average Bonchev–Trinajstić information content (AvgIpc) is 3.39. The first-order valence-corrected chi connectivity index (χ1v) is 16.8. The average molecular weight is 640 g/mol. The Bertz CT molecular complexity index is 1550. The first-order valence-electron chi connectivity index (χ1n) is 16.8. The maximum Gasteiger partial charge on any atom is 0.220 e. The molecule has 0 unspecified atom stereocenters. The van der Waals surface area contributed by atoms with Gasteiger partial charge in [0, 0.05) is 65.5 Å². The van der Waals surface area contributed by atoms with Crippen molar-refractivity contribution in [2.75, 3.05) is 58.0 Å². The number of azide groups is 1. The molecule has 0 fully saturated rings. The monoisotopic (exact) mass is 639 g/mol.